The molecule has 176 valence electrons. The Labute approximate surface area is 194 Å². The second-order valence-corrected chi connectivity index (χ2v) is 8.23. The molecule has 33 heavy (non-hydrogen) atoms. The van der Waals surface area contributed by atoms with Crippen molar-refractivity contribution in [3.05, 3.63) is 64.7 Å². The van der Waals surface area contributed by atoms with Crippen molar-refractivity contribution in [2.24, 2.45) is 0 Å². The van der Waals surface area contributed by atoms with Crippen LogP contribution >= 0.6 is 0 Å². The molecule has 0 radical (unpaired) electrons. The van der Waals surface area contributed by atoms with Gasteiger partial charge in [-0.3, -0.25) is 9.59 Å². The molecule has 1 saturated heterocycles. The van der Waals surface area contributed by atoms with E-state index in [1.54, 1.807) is 25.3 Å². The van der Waals surface area contributed by atoms with Crippen molar-refractivity contribution < 1.29 is 28.9 Å². The minimum Gasteiger partial charge on any atom is -0.507 e. The summed E-state index contributed by atoms with van der Waals surface area (Å²) in [7, 11) is 4.59. The van der Waals surface area contributed by atoms with Gasteiger partial charge in [-0.05, 0) is 35.6 Å². The molecule has 0 aromatic heterocycles. The summed E-state index contributed by atoms with van der Waals surface area (Å²) >= 11 is 0. The minimum absolute atomic E-state index is 0.0400. The summed E-state index contributed by atoms with van der Waals surface area (Å²) in [6.07, 6.45) is 0.565. The second-order valence-electron chi connectivity index (χ2n) is 8.23. The molecule has 1 aliphatic rings. The summed E-state index contributed by atoms with van der Waals surface area (Å²) in [6.45, 7) is 4.98. The van der Waals surface area contributed by atoms with E-state index < -0.39 is 17.7 Å². The molecular formula is C26H31NO6. The van der Waals surface area contributed by atoms with E-state index in [1.165, 1.54) is 19.1 Å². The highest BCUT2D eigenvalue weighted by atomic mass is 16.5. The van der Waals surface area contributed by atoms with E-state index in [0.29, 0.717) is 42.6 Å². The highest BCUT2D eigenvalue weighted by Crippen LogP contribution is 2.41. The quantitative estimate of drug-likeness (QED) is 0.264. The number of Topliss-reactive ketones (excluding diaryl/α,β-unsaturated/α-hetero) is 1. The van der Waals surface area contributed by atoms with Gasteiger partial charge in [-0.25, -0.2) is 0 Å². The van der Waals surface area contributed by atoms with Crippen molar-refractivity contribution in [2.45, 2.75) is 32.2 Å². The summed E-state index contributed by atoms with van der Waals surface area (Å²) in [5.41, 5.74) is 2.26. The number of ether oxygens (including phenoxy) is 3. The third-order valence-electron chi connectivity index (χ3n) is 5.87. The molecule has 7 heteroatoms. The van der Waals surface area contributed by atoms with Gasteiger partial charge in [-0.2, -0.15) is 0 Å². The number of carbonyl (C=O) groups is 2. The molecular weight excluding hydrogens is 422 g/mol. The largest absolute Gasteiger partial charge is 0.507 e. The van der Waals surface area contributed by atoms with Crippen LogP contribution in [-0.4, -0.2) is 56.2 Å². The lowest BCUT2D eigenvalue weighted by molar-refractivity contribution is -0.140. The lowest BCUT2D eigenvalue weighted by atomic mass is 9.93. The van der Waals surface area contributed by atoms with Crippen LogP contribution in [0.4, 0.5) is 0 Å². The molecule has 2 aromatic rings. The van der Waals surface area contributed by atoms with E-state index in [9.17, 15) is 14.7 Å². The number of hydrogen-bond donors (Lipinski definition) is 1. The summed E-state index contributed by atoms with van der Waals surface area (Å²) in [6, 6.07) is 12.0. The average Bonchev–Trinajstić information content (AvgIpc) is 3.08. The van der Waals surface area contributed by atoms with Gasteiger partial charge in [0.05, 0.1) is 31.4 Å². The van der Waals surface area contributed by atoms with Gasteiger partial charge in [0.1, 0.15) is 17.3 Å². The van der Waals surface area contributed by atoms with Crippen LogP contribution in [0.3, 0.4) is 0 Å². The lowest BCUT2D eigenvalue weighted by Crippen LogP contribution is -2.31. The Morgan fingerprint density at radius 3 is 2.30 bits per heavy atom. The molecule has 1 atom stereocenters. The predicted molar refractivity (Wildman–Crippen MR) is 126 cm³/mol. The number of amides is 1. The number of likely N-dealkylation sites (tertiary alicyclic amines) is 1. The molecule has 7 nitrogen and oxygen atoms in total. The summed E-state index contributed by atoms with van der Waals surface area (Å²) in [4.78, 5) is 27.6. The lowest BCUT2D eigenvalue weighted by Gasteiger charge is -2.25. The number of aliphatic hydroxyl groups excluding tert-OH is 1. The number of nitrogens with zero attached hydrogens (tertiary/aromatic N) is 1. The van der Waals surface area contributed by atoms with Crippen LogP contribution in [0, 0.1) is 0 Å². The monoisotopic (exact) mass is 453 g/mol. The van der Waals surface area contributed by atoms with Crippen molar-refractivity contribution in [1.82, 2.24) is 4.90 Å². The van der Waals surface area contributed by atoms with Crippen molar-refractivity contribution in [1.29, 1.82) is 0 Å². The van der Waals surface area contributed by atoms with Gasteiger partial charge in [0.25, 0.3) is 11.7 Å². The zero-order valence-electron chi connectivity index (χ0n) is 19.8. The Hall–Kier alpha value is -3.32. The van der Waals surface area contributed by atoms with Crippen molar-refractivity contribution in [3.8, 4) is 11.5 Å². The van der Waals surface area contributed by atoms with Crippen LogP contribution in [0.5, 0.6) is 11.5 Å². The number of aliphatic hydroxyl groups is 1. The number of methoxy groups -OCH3 is 3. The third-order valence-corrected chi connectivity index (χ3v) is 5.87. The average molecular weight is 454 g/mol. The molecule has 0 aliphatic carbocycles. The second kappa shape index (κ2) is 10.5. The number of carbonyl (C=O) groups excluding carboxylic acids is 2. The number of rotatable bonds is 9. The molecule has 0 spiro atoms. The number of ketones is 1. The van der Waals surface area contributed by atoms with E-state index >= 15 is 0 Å². The first kappa shape index (κ1) is 24.3. The van der Waals surface area contributed by atoms with Crippen LogP contribution in [0.15, 0.2) is 48.0 Å². The zero-order chi connectivity index (χ0) is 24.1. The Kier molecular flexibility index (Phi) is 7.76. The predicted octanol–water partition coefficient (Wildman–Crippen LogP) is 4.29. The third kappa shape index (κ3) is 4.88. The molecule has 1 fully saturated rings. The summed E-state index contributed by atoms with van der Waals surface area (Å²) in [5.74, 6) is -0.412. The fourth-order valence-corrected chi connectivity index (χ4v) is 4.04. The van der Waals surface area contributed by atoms with E-state index in [2.05, 4.69) is 13.8 Å². The first-order valence-electron chi connectivity index (χ1n) is 10.9. The molecule has 1 heterocycles. The SMILES string of the molecule is COCCCN1C(=O)C(=O)/C(=C(\O)c2ccc(OC)cc2OC)C1c1ccc(C(C)C)cc1. The summed E-state index contributed by atoms with van der Waals surface area (Å²) < 4.78 is 15.8. The van der Waals surface area contributed by atoms with Crippen LogP contribution in [-0.2, 0) is 14.3 Å². The van der Waals surface area contributed by atoms with Crippen molar-refractivity contribution in [2.75, 3.05) is 34.5 Å². The topological polar surface area (TPSA) is 85.3 Å². The van der Waals surface area contributed by atoms with Crippen LogP contribution < -0.4 is 9.47 Å². The van der Waals surface area contributed by atoms with E-state index in [0.717, 1.165) is 11.1 Å². The van der Waals surface area contributed by atoms with Gasteiger partial charge >= 0.3 is 0 Å². The van der Waals surface area contributed by atoms with E-state index in [4.69, 9.17) is 14.2 Å². The van der Waals surface area contributed by atoms with Gasteiger partial charge in [-0.15, -0.1) is 0 Å². The molecule has 3 rings (SSSR count). The van der Waals surface area contributed by atoms with Crippen LogP contribution in [0.1, 0.15) is 48.9 Å². The Morgan fingerprint density at radius 2 is 1.73 bits per heavy atom. The number of hydrogen-bond acceptors (Lipinski definition) is 6. The van der Waals surface area contributed by atoms with Gasteiger partial charge in [0.2, 0.25) is 0 Å². The molecule has 1 unspecified atom stereocenters. The first-order valence-corrected chi connectivity index (χ1v) is 10.9. The highest BCUT2D eigenvalue weighted by Gasteiger charge is 2.46. The standard InChI is InChI=1S/C26H31NO6/c1-16(2)17-7-9-18(10-8-17)23-22(25(29)26(30)27(23)13-6-14-31-3)24(28)20-12-11-19(32-4)15-21(20)33-5/h7-12,15-16,23,28H,6,13-14H2,1-5H3/b24-22-. The molecule has 0 bridgehead atoms. The maximum absolute atomic E-state index is 13.1. The first-order chi connectivity index (χ1) is 15.8. The van der Waals surface area contributed by atoms with Crippen LogP contribution in [0.2, 0.25) is 0 Å². The molecule has 1 N–H and O–H groups in total. The van der Waals surface area contributed by atoms with Gasteiger partial charge in [-0.1, -0.05) is 38.1 Å². The summed E-state index contributed by atoms with van der Waals surface area (Å²) in [5, 5.41) is 11.3. The minimum atomic E-state index is -0.722. The van der Waals surface area contributed by atoms with Crippen LogP contribution in [0.25, 0.3) is 5.76 Å². The molecule has 0 saturated carbocycles. The van der Waals surface area contributed by atoms with Gasteiger partial charge in [0.15, 0.2) is 0 Å². The van der Waals surface area contributed by atoms with Crippen molar-refractivity contribution in [3.63, 3.8) is 0 Å². The maximum Gasteiger partial charge on any atom is 0.295 e. The Balaban J connectivity index is 2.16. The van der Waals surface area contributed by atoms with Gasteiger partial charge < -0.3 is 24.2 Å². The fraction of sp³-hybridized carbons (Fsp3) is 0.385. The molecule has 1 aliphatic heterocycles. The van der Waals surface area contributed by atoms with Gasteiger partial charge in [0, 0.05) is 26.3 Å². The van der Waals surface area contributed by atoms with E-state index in [1.807, 2.05) is 24.3 Å². The molecule has 1 amide bonds. The normalized spacial score (nSPS) is 17.6. The van der Waals surface area contributed by atoms with Crippen molar-refractivity contribution >= 4 is 17.4 Å². The molecule has 2 aromatic carbocycles. The Bertz CT molecular complexity index is 1040. The zero-order valence-corrected chi connectivity index (χ0v) is 19.8. The highest BCUT2D eigenvalue weighted by molar-refractivity contribution is 6.46. The number of benzene rings is 2. The smallest absolute Gasteiger partial charge is 0.295 e. The maximum atomic E-state index is 13.1. The van der Waals surface area contributed by atoms with E-state index in [-0.39, 0.29) is 11.3 Å². The Morgan fingerprint density at radius 1 is 1.03 bits per heavy atom. The fourth-order valence-electron chi connectivity index (χ4n) is 4.04.